The number of carbonyl (C=O) groups is 3. The molecule has 0 bridgehead atoms. The van der Waals surface area contributed by atoms with Gasteiger partial charge in [0, 0.05) is 20.0 Å². The molecule has 1 aromatic rings. The maximum absolute atomic E-state index is 12.8. The van der Waals surface area contributed by atoms with Crippen LogP contribution < -0.4 is 5.32 Å². The summed E-state index contributed by atoms with van der Waals surface area (Å²) in [5.74, 6) is -5.69. The summed E-state index contributed by atoms with van der Waals surface area (Å²) in [6.45, 7) is 2.65. The van der Waals surface area contributed by atoms with Crippen LogP contribution in [0.4, 0.5) is 13.2 Å². The average Bonchev–Trinajstić information content (AvgIpc) is 2.48. The molecule has 134 valence electrons. The smallest absolute Gasteiger partial charge is 0.419 e. The van der Waals surface area contributed by atoms with Crippen molar-refractivity contribution in [2.24, 2.45) is 0 Å². The summed E-state index contributed by atoms with van der Waals surface area (Å²) in [6.07, 6.45) is -4.41. The largest absolute Gasteiger partial charge is 0.452 e. The van der Waals surface area contributed by atoms with Gasteiger partial charge in [-0.1, -0.05) is 30.3 Å². The number of hydrogen-bond donors (Lipinski definition) is 1. The van der Waals surface area contributed by atoms with Crippen molar-refractivity contribution < 1.29 is 37.0 Å². The minimum Gasteiger partial charge on any atom is -0.419 e. The van der Waals surface area contributed by atoms with Crippen molar-refractivity contribution in [2.45, 2.75) is 31.9 Å². The van der Waals surface area contributed by atoms with Gasteiger partial charge in [0.25, 0.3) is 11.6 Å². The highest BCUT2D eigenvalue weighted by Gasteiger charge is 2.44. The number of benzene rings is 1. The molecule has 0 spiro atoms. The quantitative estimate of drug-likeness (QED) is 0.505. The molecule has 1 aromatic carbocycles. The first kappa shape index (κ1) is 18.5. The Morgan fingerprint density at radius 2 is 1.64 bits per heavy atom. The number of alkyl halides is 3. The van der Waals surface area contributed by atoms with E-state index in [1.165, 1.54) is 38.1 Å². The molecule has 1 saturated heterocycles. The molecule has 0 amide bonds. The molecule has 1 N–H and O–H groups in total. The molecule has 6 nitrogen and oxygen atoms in total. The second-order valence-corrected chi connectivity index (χ2v) is 5.61. The summed E-state index contributed by atoms with van der Waals surface area (Å²) in [5.41, 5.74) is -0.630. The molecule has 1 aliphatic heterocycles. The van der Waals surface area contributed by atoms with E-state index >= 15 is 0 Å². The Labute approximate surface area is 140 Å². The first-order valence-electron chi connectivity index (χ1n) is 7.10. The molecule has 25 heavy (non-hydrogen) atoms. The molecule has 1 heterocycles. The van der Waals surface area contributed by atoms with Crippen LogP contribution in [0.2, 0.25) is 0 Å². The number of ketones is 1. The van der Waals surface area contributed by atoms with Gasteiger partial charge in [0.05, 0.1) is 0 Å². The Balaban J connectivity index is 2.30. The van der Waals surface area contributed by atoms with Gasteiger partial charge in [-0.15, -0.1) is 0 Å². The fourth-order valence-corrected chi connectivity index (χ4v) is 2.08. The number of cyclic esters (lactones) is 2. The van der Waals surface area contributed by atoms with Crippen LogP contribution in [0.15, 0.2) is 42.1 Å². The van der Waals surface area contributed by atoms with E-state index in [9.17, 15) is 27.6 Å². The Kier molecular flexibility index (Phi) is 4.87. The number of ether oxygens (including phenoxy) is 2. The van der Waals surface area contributed by atoms with Crippen LogP contribution in [0.3, 0.4) is 0 Å². The van der Waals surface area contributed by atoms with Crippen molar-refractivity contribution in [3.05, 3.63) is 47.7 Å². The van der Waals surface area contributed by atoms with Crippen LogP contribution in [0.1, 0.15) is 25.5 Å². The van der Waals surface area contributed by atoms with E-state index in [4.69, 9.17) is 9.47 Å². The summed E-state index contributed by atoms with van der Waals surface area (Å²) in [6, 6.07) is 5.25. The predicted octanol–water partition coefficient (Wildman–Crippen LogP) is 2.17. The highest BCUT2D eigenvalue weighted by molar-refractivity contribution is 6.15. The fraction of sp³-hybridized carbons (Fsp3) is 0.312. The number of nitrogens with one attached hydrogen (secondary N) is 1. The van der Waals surface area contributed by atoms with Crippen LogP contribution in [0.5, 0.6) is 0 Å². The summed E-state index contributed by atoms with van der Waals surface area (Å²) in [5, 5.41) is 2.17. The molecular formula is C16H14F3NO5. The molecule has 0 saturated carbocycles. The van der Waals surface area contributed by atoms with Crippen molar-refractivity contribution >= 4 is 17.7 Å². The van der Waals surface area contributed by atoms with E-state index in [1.54, 1.807) is 6.07 Å². The van der Waals surface area contributed by atoms with E-state index in [2.05, 4.69) is 5.32 Å². The minimum absolute atomic E-state index is 0.0135. The number of Topliss-reactive ketones (excluding diaryl/α,β-unsaturated/α-hetero) is 1. The third kappa shape index (κ3) is 4.37. The van der Waals surface area contributed by atoms with E-state index in [1.807, 2.05) is 0 Å². The van der Waals surface area contributed by atoms with Crippen LogP contribution >= 0.6 is 0 Å². The molecule has 9 heteroatoms. The van der Waals surface area contributed by atoms with Crippen molar-refractivity contribution in [2.75, 3.05) is 0 Å². The minimum atomic E-state index is -5.11. The van der Waals surface area contributed by atoms with Gasteiger partial charge in [-0.05, 0) is 5.56 Å². The highest BCUT2D eigenvalue weighted by atomic mass is 19.4. The molecule has 2 rings (SSSR count). The molecule has 0 aliphatic carbocycles. The van der Waals surface area contributed by atoms with Gasteiger partial charge in [-0.25, -0.2) is 9.59 Å². The van der Waals surface area contributed by atoms with E-state index in [0.29, 0.717) is 6.20 Å². The number of rotatable bonds is 4. The standard InChI is InChI=1S/C16H14F3NO5/c1-15(2)24-13(22)10(14(23)25-15)8-20-11(12(21)16(17,18)19)9-6-4-3-5-7-9/h3-8,11,20H,1-2H3. The second-order valence-electron chi connectivity index (χ2n) is 5.61. The van der Waals surface area contributed by atoms with Gasteiger partial charge in [0.2, 0.25) is 0 Å². The Morgan fingerprint density at radius 1 is 1.12 bits per heavy atom. The lowest BCUT2D eigenvalue weighted by molar-refractivity contribution is -0.222. The SMILES string of the molecule is CC1(C)OC(=O)C(=CNC(C(=O)C(F)(F)F)c2ccccc2)C(=O)O1. The molecular weight excluding hydrogens is 343 g/mol. The Morgan fingerprint density at radius 3 is 2.12 bits per heavy atom. The van der Waals surface area contributed by atoms with Crippen molar-refractivity contribution in [1.29, 1.82) is 0 Å². The maximum Gasteiger partial charge on any atom is 0.452 e. The van der Waals surface area contributed by atoms with Crippen LogP contribution in [-0.2, 0) is 23.9 Å². The first-order chi connectivity index (χ1) is 11.5. The topological polar surface area (TPSA) is 81.7 Å². The molecule has 1 unspecified atom stereocenters. The van der Waals surface area contributed by atoms with E-state index in [0.717, 1.165) is 0 Å². The van der Waals surface area contributed by atoms with Crippen LogP contribution in [-0.4, -0.2) is 29.7 Å². The van der Waals surface area contributed by atoms with Crippen molar-refractivity contribution in [1.82, 2.24) is 5.32 Å². The molecule has 0 radical (unpaired) electrons. The summed E-state index contributed by atoms with van der Waals surface area (Å²) < 4.78 is 48.1. The molecule has 1 fully saturated rings. The zero-order chi connectivity index (χ0) is 18.8. The zero-order valence-corrected chi connectivity index (χ0v) is 13.2. The third-order valence-corrected chi connectivity index (χ3v) is 3.19. The average molecular weight is 357 g/mol. The van der Waals surface area contributed by atoms with E-state index in [-0.39, 0.29) is 5.56 Å². The lowest BCUT2D eigenvalue weighted by Gasteiger charge is -2.30. The second kappa shape index (κ2) is 6.58. The summed E-state index contributed by atoms with van der Waals surface area (Å²) in [4.78, 5) is 35.3. The molecule has 1 atom stereocenters. The monoisotopic (exact) mass is 357 g/mol. The van der Waals surface area contributed by atoms with Gasteiger partial charge in [-0.2, -0.15) is 13.2 Å². The normalized spacial score (nSPS) is 18.0. The molecule has 0 aromatic heterocycles. The highest BCUT2D eigenvalue weighted by Crippen LogP contribution is 2.27. The summed E-state index contributed by atoms with van der Waals surface area (Å²) in [7, 11) is 0. The zero-order valence-electron chi connectivity index (χ0n) is 13.2. The fourth-order valence-electron chi connectivity index (χ4n) is 2.08. The van der Waals surface area contributed by atoms with Gasteiger partial charge >= 0.3 is 18.1 Å². The van der Waals surface area contributed by atoms with Gasteiger partial charge in [0.1, 0.15) is 6.04 Å². The van der Waals surface area contributed by atoms with E-state index < -0.39 is 41.3 Å². The van der Waals surface area contributed by atoms with Gasteiger partial charge in [0.15, 0.2) is 5.57 Å². The first-order valence-corrected chi connectivity index (χ1v) is 7.10. The number of esters is 2. The van der Waals surface area contributed by atoms with Crippen molar-refractivity contribution in [3.63, 3.8) is 0 Å². The van der Waals surface area contributed by atoms with Gasteiger partial charge in [-0.3, -0.25) is 4.79 Å². The lowest BCUT2D eigenvalue weighted by atomic mass is 10.0. The van der Waals surface area contributed by atoms with Gasteiger partial charge < -0.3 is 14.8 Å². The Bertz CT molecular complexity index is 703. The Hall–Kier alpha value is -2.84. The number of hydrogen-bond acceptors (Lipinski definition) is 6. The number of halogens is 3. The van der Waals surface area contributed by atoms with Crippen LogP contribution in [0.25, 0.3) is 0 Å². The summed E-state index contributed by atoms with van der Waals surface area (Å²) >= 11 is 0. The third-order valence-electron chi connectivity index (χ3n) is 3.19. The van der Waals surface area contributed by atoms with Crippen molar-refractivity contribution in [3.8, 4) is 0 Å². The van der Waals surface area contributed by atoms with Crippen LogP contribution in [0, 0.1) is 0 Å². The maximum atomic E-state index is 12.8. The lowest BCUT2D eigenvalue weighted by Crippen LogP contribution is -2.43. The predicted molar refractivity (Wildman–Crippen MR) is 77.7 cm³/mol. The molecule has 1 aliphatic rings. The number of carbonyl (C=O) groups excluding carboxylic acids is 3.